The van der Waals surface area contributed by atoms with Crippen LogP contribution in [0.25, 0.3) is 0 Å². The number of benzene rings is 2. The van der Waals surface area contributed by atoms with E-state index in [1.54, 1.807) is 19.2 Å². The highest BCUT2D eigenvalue weighted by Crippen LogP contribution is 2.28. The van der Waals surface area contributed by atoms with Gasteiger partial charge in [0, 0.05) is 10.7 Å². The van der Waals surface area contributed by atoms with Crippen LogP contribution in [0, 0.1) is 6.92 Å². The lowest BCUT2D eigenvalue weighted by Crippen LogP contribution is -2.03. The first-order valence-electron chi connectivity index (χ1n) is 5.96. The molecule has 2 aromatic carbocycles. The summed E-state index contributed by atoms with van der Waals surface area (Å²) < 4.78 is 5.14. The number of aromatic carboxylic acids is 1. The molecule has 2 N–H and O–H groups in total. The number of carbonyl (C=O) groups is 1. The van der Waals surface area contributed by atoms with Crippen molar-refractivity contribution < 1.29 is 14.6 Å². The third-order valence-electron chi connectivity index (χ3n) is 2.91. The van der Waals surface area contributed by atoms with Crippen LogP contribution in [0.1, 0.15) is 15.9 Å². The fraction of sp³-hybridized carbons (Fsp3) is 0.133. The van der Waals surface area contributed by atoms with E-state index >= 15 is 0 Å². The summed E-state index contributed by atoms with van der Waals surface area (Å²) in [4.78, 5) is 11.2. The van der Waals surface area contributed by atoms with Gasteiger partial charge >= 0.3 is 5.97 Å². The van der Waals surface area contributed by atoms with Gasteiger partial charge in [-0.05, 0) is 48.9 Å². The van der Waals surface area contributed by atoms with E-state index in [4.69, 9.17) is 16.3 Å². The number of hydrogen-bond donors (Lipinski definition) is 2. The van der Waals surface area contributed by atoms with Crippen molar-refractivity contribution in [1.82, 2.24) is 0 Å². The van der Waals surface area contributed by atoms with Crippen molar-refractivity contribution in [2.45, 2.75) is 6.92 Å². The van der Waals surface area contributed by atoms with Crippen LogP contribution in [0.5, 0.6) is 5.75 Å². The average molecular weight is 292 g/mol. The summed E-state index contributed by atoms with van der Waals surface area (Å²) in [6, 6.07) is 10.2. The van der Waals surface area contributed by atoms with Crippen LogP contribution in [0.4, 0.5) is 11.4 Å². The van der Waals surface area contributed by atoms with Gasteiger partial charge in [0.2, 0.25) is 0 Å². The third kappa shape index (κ3) is 3.03. The molecule has 0 aliphatic heterocycles. The standard InChI is InChI=1S/C15H14ClNO3/c1-9-7-11(20-2)4-6-13(9)17-14-5-3-10(16)8-12(14)15(18)19/h3-8,17H,1-2H3,(H,18,19). The van der Waals surface area contributed by atoms with Gasteiger partial charge in [-0.15, -0.1) is 0 Å². The molecule has 0 unspecified atom stereocenters. The first-order chi connectivity index (χ1) is 9.51. The third-order valence-corrected chi connectivity index (χ3v) is 3.15. The Hall–Kier alpha value is -2.20. The molecule has 0 fully saturated rings. The molecule has 20 heavy (non-hydrogen) atoms. The maximum absolute atomic E-state index is 11.2. The van der Waals surface area contributed by atoms with E-state index in [1.165, 1.54) is 6.07 Å². The first-order valence-corrected chi connectivity index (χ1v) is 6.33. The highest BCUT2D eigenvalue weighted by atomic mass is 35.5. The van der Waals surface area contributed by atoms with Crippen LogP contribution in [0.2, 0.25) is 5.02 Å². The van der Waals surface area contributed by atoms with Gasteiger partial charge in [0.25, 0.3) is 0 Å². The Morgan fingerprint density at radius 2 is 1.90 bits per heavy atom. The predicted molar refractivity (Wildman–Crippen MR) is 79.4 cm³/mol. The van der Waals surface area contributed by atoms with Crippen molar-refractivity contribution in [1.29, 1.82) is 0 Å². The lowest BCUT2D eigenvalue weighted by atomic mass is 10.1. The molecule has 0 aromatic heterocycles. The molecule has 104 valence electrons. The number of ether oxygens (including phenoxy) is 1. The fourth-order valence-corrected chi connectivity index (χ4v) is 2.02. The summed E-state index contributed by atoms with van der Waals surface area (Å²) in [6.45, 7) is 1.92. The lowest BCUT2D eigenvalue weighted by molar-refractivity contribution is 0.0698. The zero-order valence-electron chi connectivity index (χ0n) is 11.1. The van der Waals surface area contributed by atoms with Gasteiger partial charge in [-0.3, -0.25) is 0 Å². The highest BCUT2D eigenvalue weighted by molar-refractivity contribution is 6.31. The molecule has 0 spiro atoms. The highest BCUT2D eigenvalue weighted by Gasteiger charge is 2.11. The minimum Gasteiger partial charge on any atom is -0.497 e. The molecule has 0 heterocycles. The monoisotopic (exact) mass is 291 g/mol. The van der Waals surface area contributed by atoms with Crippen molar-refractivity contribution in [2.24, 2.45) is 0 Å². The zero-order valence-corrected chi connectivity index (χ0v) is 11.9. The van der Waals surface area contributed by atoms with Crippen LogP contribution >= 0.6 is 11.6 Å². The molecule has 2 rings (SSSR count). The van der Waals surface area contributed by atoms with Gasteiger partial charge in [0.1, 0.15) is 5.75 Å². The fourth-order valence-electron chi connectivity index (χ4n) is 1.85. The molecule has 0 saturated carbocycles. The van der Waals surface area contributed by atoms with Crippen LogP contribution in [0.3, 0.4) is 0 Å². The Balaban J connectivity index is 2.37. The van der Waals surface area contributed by atoms with Crippen molar-refractivity contribution in [3.8, 4) is 5.75 Å². The normalized spacial score (nSPS) is 10.2. The molecule has 0 atom stereocenters. The van der Waals surface area contributed by atoms with Crippen molar-refractivity contribution in [3.63, 3.8) is 0 Å². The Morgan fingerprint density at radius 3 is 2.50 bits per heavy atom. The molecule has 0 bridgehead atoms. The summed E-state index contributed by atoms with van der Waals surface area (Å²) >= 11 is 5.83. The van der Waals surface area contributed by atoms with Crippen LogP contribution in [0.15, 0.2) is 36.4 Å². The maximum atomic E-state index is 11.2. The molecule has 5 heteroatoms. The van der Waals surface area contributed by atoms with Gasteiger partial charge in [0.05, 0.1) is 18.4 Å². The largest absolute Gasteiger partial charge is 0.497 e. The lowest BCUT2D eigenvalue weighted by Gasteiger charge is -2.13. The second-order valence-electron chi connectivity index (χ2n) is 4.30. The molecule has 0 radical (unpaired) electrons. The van der Waals surface area contributed by atoms with Gasteiger partial charge in [0.15, 0.2) is 0 Å². The molecule has 0 aliphatic rings. The number of nitrogens with one attached hydrogen (secondary N) is 1. The van der Waals surface area contributed by atoms with Crippen LogP contribution in [-0.4, -0.2) is 18.2 Å². The number of rotatable bonds is 4. The number of methoxy groups -OCH3 is 1. The van der Waals surface area contributed by atoms with Gasteiger partial charge in [-0.1, -0.05) is 11.6 Å². The number of hydrogen-bond acceptors (Lipinski definition) is 3. The van der Waals surface area contributed by atoms with Gasteiger partial charge < -0.3 is 15.2 Å². The van der Waals surface area contributed by atoms with E-state index in [1.807, 2.05) is 25.1 Å². The minimum absolute atomic E-state index is 0.132. The second kappa shape index (κ2) is 5.84. The SMILES string of the molecule is COc1ccc(Nc2ccc(Cl)cc2C(=O)O)c(C)c1. The predicted octanol–water partition coefficient (Wildman–Crippen LogP) is 4.10. The topological polar surface area (TPSA) is 58.6 Å². The van der Waals surface area contributed by atoms with E-state index in [9.17, 15) is 9.90 Å². The number of anilines is 2. The summed E-state index contributed by atoms with van der Waals surface area (Å²) in [5, 5.41) is 12.7. The minimum atomic E-state index is -1.03. The first kappa shape index (κ1) is 14.2. The summed E-state index contributed by atoms with van der Waals surface area (Å²) in [5.74, 6) is -0.274. The smallest absolute Gasteiger partial charge is 0.337 e. The Bertz CT molecular complexity index is 656. The molecule has 0 saturated heterocycles. The molecule has 0 aliphatic carbocycles. The number of carboxylic acids is 1. The Kier molecular flexibility index (Phi) is 4.15. The number of carboxylic acid groups (broad SMARTS) is 1. The molecular formula is C15H14ClNO3. The van der Waals surface area contributed by atoms with Crippen molar-refractivity contribution in [2.75, 3.05) is 12.4 Å². The Labute approximate surface area is 122 Å². The second-order valence-corrected chi connectivity index (χ2v) is 4.74. The number of aryl methyl sites for hydroxylation is 1. The quantitative estimate of drug-likeness (QED) is 0.890. The summed E-state index contributed by atoms with van der Waals surface area (Å²) in [6.07, 6.45) is 0. The van der Waals surface area contributed by atoms with E-state index in [0.717, 1.165) is 17.0 Å². The van der Waals surface area contributed by atoms with Crippen molar-refractivity contribution >= 4 is 28.9 Å². The zero-order chi connectivity index (χ0) is 14.7. The van der Waals surface area contributed by atoms with Crippen LogP contribution in [-0.2, 0) is 0 Å². The summed E-state index contributed by atoms with van der Waals surface area (Å²) in [5.41, 5.74) is 2.40. The molecule has 2 aromatic rings. The van der Waals surface area contributed by atoms with E-state index in [0.29, 0.717) is 10.7 Å². The van der Waals surface area contributed by atoms with Gasteiger partial charge in [-0.25, -0.2) is 4.79 Å². The average Bonchev–Trinajstić information content (AvgIpc) is 2.42. The van der Waals surface area contributed by atoms with Crippen molar-refractivity contribution in [3.05, 3.63) is 52.5 Å². The molecule has 0 amide bonds. The van der Waals surface area contributed by atoms with E-state index in [2.05, 4.69) is 5.32 Å². The molecular weight excluding hydrogens is 278 g/mol. The maximum Gasteiger partial charge on any atom is 0.337 e. The molecule has 4 nitrogen and oxygen atoms in total. The van der Waals surface area contributed by atoms with Gasteiger partial charge in [-0.2, -0.15) is 0 Å². The van der Waals surface area contributed by atoms with E-state index in [-0.39, 0.29) is 5.56 Å². The Morgan fingerprint density at radius 1 is 1.20 bits per heavy atom. The number of halogens is 1. The van der Waals surface area contributed by atoms with Crippen LogP contribution < -0.4 is 10.1 Å². The summed E-state index contributed by atoms with van der Waals surface area (Å²) in [7, 11) is 1.60. The van der Waals surface area contributed by atoms with E-state index < -0.39 is 5.97 Å².